The summed E-state index contributed by atoms with van der Waals surface area (Å²) in [5, 5.41) is 3.58. The van der Waals surface area contributed by atoms with Gasteiger partial charge in [0.1, 0.15) is 12.4 Å². The number of nitrogens with zero attached hydrogens (tertiary/aromatic N) is 2. The molecule has 1 aliphatic heterocycles. The number of ether oxygens (including phenoxy) is 1. The minimum absolute atomic E-state index is 0.0549. The van der Waals surface area contributed by atoms with Gasteiger partial charge in [-0.2, -0.15) is 0 Å². The van der Waals surface area contributed by atoms with Crippen LogP contribution >= 0.6 is 11.6 Å². The molecule has 0 unspecified atom stereocenters. The van der Waals surface area contributed by atoms with Gasteiger partial charge < -0.3 is 19.4 Å². The van der Waals surface area contributed by atoms with Crippen LogP contribution in [0, 0.1) is 6.92 Å². The summed E-state index contributed by atoms with van der Waals surface area (Å²) in [6.45, 7) is 3.65. The second kappa shape index (κ2) is 10.7. The summed E-state index contributed by atoms with van der Waals surface area (Å²) in [6.07, 6.45) is 5.89. The van der Waals surface area contributed by atoms with Crippen LogP contribution in [0.3, 0.4) is 0 Å². The molecule has 3 aromatic rings. The molecule has 4 rings (SSSR count). The monoisotopic (exact) mass is 479 g/mol. The van der Waals surface area contributed by atoms with E-state index in [0.29, 0.717) is 43.4 Å². The number of aromatic nitrogens is 1. The number of fused-ring (bicyclic) bond motifs is 1. The lowest BCUT2D eigenvalue weighted by atomic mass is 9.94. The van der Waals surface area contributed by atoms with Gasteiger partial charge in [0.15, 0.2) is 5.76 Å². The summed E-state index contributed by atoms with van der Waals surface area (Å²) in [5.41, 5.74) is 4.89. The third kappa shape index (κ3) is 5.55. The molecule has 0 saturated heterocycles. The van der Waals surface area contributed by atoms with Crippen molar-refractivity contribution in [1.82, 2.24) is 15.2 Å². The number of hydrogen-bond acceptors (Lipinski definition) is 5. The van der Waals surface area contributed by atoms with Crippen LogP contribution in [0.25, 0.3) is 6.08 Å². The van der Waals surface area contributed by atoms with E-state index in [4.69, 9.17) is 20.8 Å². The first kappa shape index (κ1) is 23.7. The summed E-state index contributed by atoms with van der Waals surface area (Å²) in [4.78, 5) is 31.6. The highest BCUT2D eigenvalue weighted by atomic mass is 35.5. The van der Waals surface area contributed by atoms with Crippen molar-refractivity contribution in [3.63, 3.8) is 0 Å². The molecule has 8 heteroatoms. The molecule has 1 aromatic carbocycles. The zero-order valence-corrected chi connectivity index (χ0v) is 19.9. The number of nitrogens with one attached hydrogen (secondary N) is 1. The number of carbonyl (C=O) groups excluding carboxylic acids is 2. The van der Waals surface area contributed by atoms with Crippen molar-refractivity contribution in [3.8, 4) is 0 Å². The number of benzene rings is 1. The molecular weight excluding hydrogens is 454 g/mol. The van der Waals surface area contributed by atoms with Crippen molar-refractivity contribution in [2.45, 2.75) is 33.0 Å². The average Bonchev–Trinajstić information content (AvgIpc) is 3.31. The number of rotatable bonds is 7. The number of pyridine rings is 1. The molecule has 2 aromatic heterocycles. The van der Waals surface area contributed by atoms with Crippen LogP contribution in [-0.4, -0.2) is 35.4 Å². The van der Waals surface area contributed by atoms with Crippen LogP contribution < -0.4 is 5.32 Å². The van der Waals surface area contributed by atoms with Crippen molar-refractivity contribution in [3.05, 3.63) is 93.2 Å². The first-order chi connectivity index (χ1) is 16.4. The Morgan fingerprint density at radius 1 is 1.24 bits per heavy atom. The molecule has 0 aliphatic carbocycles. The zero-order valence-electron chi connectivity index (χ0n) is 19.1. The lowest BCUT2D eigenvalue weighted by molar-refractivity contribution is -0.126. The molecule has 0 radical (unpaired) electrons. The fourth-order valence-corrected chi connectivity index (χ4v) is 4.09. The van der Waals surface area contributed by atoms with Crippen LogP contribution in [0.1, 0.15) is 44.3 Å². The van der Waals surface area contributed by atoms with Crippen LogP contribution in [0.5, 0.6) is 0 Å². The summed E-state index contributed by atoms with van der Waals surface area (Å²) >= 11 is 5.91. The number of methoxy groups -OCH3 is 1. The van der Waals surface area contributed by atoms with E-state index >= 15 is 0 Å². The summed E-state index contributed by atoms with van der Waals surface area (Å²) < 4.78 is 10.5. The van der Waals surface area contributed by atoms with Gasteiger partial charge in [-0.3, -0.25) is 14.6 Å². The Morgan fingerprint density at radius 2 is 2.03 bits per heavy atom. The van der Waals surface area contributed by atoms with E-state index in [1.165, 1.54) is 0 Å². The minimum atomic E-state index is -0.292. The fraction of sp³-hybridized carbons (Fsp3) is 0.269. The number of amides is 2. The molecular formula is C26H26ClN3O4. The Balaban J connectivity index is 1.41. The van der Waals surface area contributed by atoms with E-state index in [0.717, 1.165) is 27.9 Å². The van der Waals surface area contributed by atoms with E-state index in [2.05, 4.69) is 10.3 Å². The lowest BCUT2D eigenvalue weighted by Gasteiger charge is -2.29. The maximum absolute atomic E-state index is 12.7. The number of aryl methyl sites for hydroxylation is 1. The van der Waals surface area contributed by atoms with Gasteiger partial charge in [-0.1, -0.05) is 23.7 Å². The van der Waals surface area contributed by atoms with E-state index in [1.54, 1.807) is 48.4 Å². The van der Waals surface area contributed by atoms with Crippen molar-refractivity contribution >= 4 is 29.5 Å². The highest BCUT2D eigenvalue weighted by Gasteiger charge is 2.23. The molecule has 0 atom stereocenters. The average molecular weight is 480 g/mol. The number of hydrogen-bond donors (Lipinski definition) is 1. The van der Waals surface area contributed by atoms with Gasteiger partial charge in [-0.25, -0.2) is 0 Å². The molecule has 3 heterocycles. The predicted molar refractivity (Wildman–Crippen MR) is 129 cm³/mol. The normalized spacial score (nSPS) is 13.2. The molecule has 34 heavy (non-hydrogen) atoms. The van der Waals surface area contributed by atoms with Gasteiger partial charge in [0.25, 0.3) is 5.91 Å². The Bertz CT molecular complexity index is 1220. The molecule has 0 saturated carbocycles. The quantitative estimate of drug-likeness (QED) is 0.510. The van der Waals surface area contributed by atoms with Crippen LogP contribution in [0.2, 0.25) is 5.02 Å². The van der Waals surface area contributed by atoms with E-state index < -0.39 is 0 Å². The Kier molecular flexibility index (Phi) is 7.45. The second-order valence-electron chi connectivity index (χ2n) is 8.10. The first-order valence-corrected chi connectivity index (χ1v) is 11.4. The molecule has 0 bridgehead atoms. The summed E-state index contributed by atoms with van der Waals surface area (Å²) in [7, 11) is 1.57. The van der Waals surface area contributed by atoms with Gasteiger partial charge in [-0.15, -0.1) is 0 Å². The van der Waals surface area contributed by atoms with Gasteiger partial charge >= 0.3 is 0 Å². The third-order valence-corrected chi connectivity index (χ3v) is 6.05. The highest BCUT2D eigenvalue weighted by molar-refractivity contribution is 6.30. The molecule has 1 N–H and O–H groups in total. The summed E-state index contributed by atoms with van der Waals surface area (Å²) in [5.74, 6) is 0.490. The Hall–Kier alpha value is -3.42. The van der Waals surface area contributed by atoms with Gasteiger partial charge in [-0.05, 0) is 65.9 Å². The summed E-state index contributed by atoms with van der Waals surface area (Å²) in [6, 6.07) is 10.7. The lowest BCUT2D eigenvalue weighted by Crippen LogP contribution is -2.36. The standard InChI is InChI=1S/C26H26ClN3O4/c1-17-23(14-29-26(32)24-9-8-21(34-24)16-33-2)22-11-12-30(15-19(22)13-28-17)25(31)10-5-18-3-6-20(27)7-4-18/h3-10,13H,11-12,14-16H2,1-2H3,(H,29,32). The first-order valence-electron chi connectivity index (χ1n) is 11.0. The molecule has 0 spiro atoms. The number of carbonyl (C=O) groups is 2. The SMILES string of the molecule is COCc1ccc(C(=O)NCc2c(C)ncc3c2CCN(C(=O)C=Cc2ccc(Cl)cc2)C3)o1. The van der Waals surface area contributed by atoms with Crippen LogP contribution in [0.15, 0.2) is 53.1 Å². The van der Waals surface area contributed by atoms with Crippen LogP contribution in [-0.2, 0) is 35.6 Å². The molecule has 1 aliphatic rings. The third-order valence-electron chi connectivity index (χ3n) is 5.79. The Labute approximate surface area is 203 Å². The maximum atomic E-state index is 12.7. The fourth-order valence-electron chi connectivity index (χ4n) is 3.97. The smallest absolute Gasteiger partial charge is 0.287 e. The van der Waals surface area contributed by atoms with Gasteiger partial charge in [0.2, 0.25) is 5.91 Å². The molecule has 2 amide bonds. The van der Waals surface area contributed by atoms with Gasteiger partial charge in [0.05, 0.1) is 0 Å². The molecule has 176 valence electrons. The second-order valence-corrected chi connectivity index (χ2v) is 8.54. The van der Waals surface area contributed by atoms with Crippen molar-refractivity contribution in [1.29, 1.82) is 0 Å². The topological polar surface area (TPSA) is 84.7 Å². The highest BCUT2D eigenvalue weighted by Crippen LogP contribution is 2.24. The number of furan rings is 1. The van der Waals surface area contributed by atoms with E-state index in [9.17, 15) is 9.59 Å². The minimum Gasteiger partial charge on any atom is -0.453 e. The van der Waals surface area contributed by atoms with Crippen molar-refractivity contribution in [2.24, 2.45) is 0 Å². The predicted octanol–water partition coefficient (Wildman–Crippen LogP) is 4.31. The molecule has 7 nitrogen and oxygen atoms in total. The van der Waals surface area contributed by atoms with Gasteiger partial charge in [0, 0.05) is 49.7 Å². The van der Waals surface area contributed by atoms with E-state index in [1.807, 2.05) is 25.3 Å². The Morgan fingerprint density at radius 3 is 2.79 bits per heavy atom. The van der Waals surface area contributed by atoms with E-state index in [-0.39, 0.29) is 17.6 Å². The van der Waals surface area contributed by atoms with Crippen molar-refractivity contribution < 1.29 is 18.7 Å². The largest absolute Gasteiger partial charge is 0.453 e. The zero-order chi connectivity index (χ0) is 24.1. The molecule has 0 fully saturated rings. The van der Waals surface area contributed by atoms with Crippen LogP contribution in [0.4, 0.5) is 0 Å². The maximum Gasteiger partial charge on any atom is 0.287 e. The van der Waals surface area contributed by atoms with Crippen molar-refractivity contribution in [2.75, 3.05) is 13.7 Å². The number of halogens is 1.